The van der Waals surface area contributed by atoms with Crippen molar-refractivity contribution in [2.24, 2.45) is 0 Å². The van der Waals surface area contributed by atoms with E-state index in [0.29, 0.717) is 24.0 Å². The number of thiazole rings is 1. The van der Waals surface area contributed by atoms with Gasteiger partial charge in [-0.05, 0) is 35.7 Å². The van der Waals surface area contributed by atoms with Crippen molar-refractivity contribution in [1.82, 2.24) is 15.0 Å². The molecule has 180 valence electrons. The van der Waals surface area contributed by atoms with E-state index in [4.69, 9.17) is 9.40 Å². The van der Waals surface area contributed by atoms with Crippen molar-refractivity contribution in [3.63, 3.8) is 0 Å². The summed E-state index contributed by atoms with van der Waals surface area (Å²) in [5.41, 5.74) is 5.85. The number of amides is 1. The summed E-state index contributed by atoms with van der Waals surface area (Å²) in [7, 11) is 0. The molecule has 36 heavy (non-hydrogen) atoms. The Morgan fingerprint density at radius 2 is 1.81 bits per heavy atom. The predicted molar refractivity (Wildman–Crippen MR) is 144 cm³/mol. The van der Waals surface area contributed by atoms with E-state index in [1.165, 1.54) is 5.56 Å². The quantitative estimate of drug-likeness (QED) is 0.246. The Labute approximate surface area is 214 Å². The van der Waals surface area contributed by atoms with Gasteiger partial charge in [0.15, 0.2) is 11.7 Å². The van der Waals surface area contributed by atoms with Crippen molar-refractivity contribution in [2.75, 3.05) is 5.32 Å². The van der Waals surface area contributed by atoms with Gasteiger partial charge >= 0.3 is 0 Å². The molecule has 0 fully saturated rings. The lowest BCUT2D eigenvalue weighted by Crippen LogP contribution is -2.12. The van der Waals surface area contributed by atoms with E-state index in [-0.39, 0.29) is 12.3 Å². The molecule has 1 amide bonds. The number of rotatable bonds is 8. The number of nitrogens with zero attached hydrogens (tertiary/aromatic N) is 3. The summed E-state index contributed by atoms with van der Waals surface area (Å²) in [4.78, 5) is 25.8. The minimum Gasteiger partial charge on any atom is -0.441 e. The van der Waals surface area contributed by atoms with Crippen LogP contribution in [-0.2, 0) is 11.2 Å². The number of hydrogen-bond acceptors (Lipinski definition) is 6. The molecule has 0 saturated carbocycles. The van der Waals surface area contributed by atoms with Gasteiger partial charge in [-0.2, -0.15) is 0 Å². The number of carbonyl (C=O) groups excluding carboxylic acids is 1. The molecule has 6 nitrogen and oxygen atoms in total. The number of aryl methyl sites for hydroxylation is 1. The lowest BCUT2D eigenvalue weighted by molar-refractivity contribution is -0.116. The van der Waals surface area contributed by atoms with Crippen LogP contribution in [0.5, 0.6) is 0 Å². The molecule has 0 saturated heterocycles. The maximum Gasteiger partial charge on any atom is 0.224 e. The summed E-state index contributed by atoms with van der Waals surface area (Å²) in [6, 6.07) is 19.9. The number of nitrogens with one attached hydrogen (secondary N) is 1. The molecule has 0 radical (unpaired) electrons. The van der Waals surface area contributed by atoms with E-state index in [2.05, 4.69) is 41.3 Å². The topological polar surface area (TPSA) is 80.9 Å². The molecule has 5 aromatic rings. The molecule has 7 heteroatoms. The van der Waals surface area contributed by atoms with Crippen LogP contribution >= 0.6 is 11.3 Å². The Bertz CT molecular complexity index is 1460. The van der Waals surface area contributed by atoms with Crippen molar-refractivity contribution in [1.29, 1.82) is 0 Å². The van der Waals surface area contributed by atoms with Gasteiger partial charge in [0.05, 0.1) is 11.9 Å². The summed E-state index contributed by atoms with van der Waals surface area (Å²) in [6.07, 6.45) is 5.94. The largest absolute Gasteiger partial charge is 0.441 e. The third-order valence-corrected chi connectivity index (χ3v) is 6.75. The zero-order valence-corrected chi connectivity index (χ0v) is 21.0. The first-order valence-electron chi connectivity index (χ1n) is 11.9. The first-order valence-corrected chi connectivity index (χ1v) is 12.7. The Morgan fingerprint density at radius 3 is 2.58 bits per heavy atom. The van der Waals surface area contributed by atoms with Gasteiger partial charge < -0.3 is 9.73 Å². The molecule has 3 heterocycles. The predicted octanol–water partition coefficient (Wildman–Crippen LogP) is 7.22. The molecule has 0 atom stereocenters. The fraction of sp³-hybridized carbons (Fsp3) is 0.172. The van der Waals surface area contributed by atoms with Gasteiger partial charge in [0, 0.05) is 53.0 Å². The van der Waals surface area contributed by atoms with Gasteiger partial charge in [-0.15, -0.1) is 11.3 Å². The zero-order valence-electron chi connectivity index (χ0n) is 20.1. The number of hydrogen-bond donors (Lipinski definition) is 1. The maximum absolute atomic E-state index is 12.6. The Morgan fingerprint density at radius 1 is 1.00 bits per heavy atom. The van der Waals surface area contributed by atoms with Crippen LogP contribution < -0.4 is 5.32 Å². The molecule has 5 rings (SSSR count). The summed E-state index contributed by atoms with van der Waals surface area (Å²) in [5.74, 6) is 1.65. The number of oxazole rings is 1. The highest BCUT2D eigenvalue weighted by atomic mass is 32.1. The van der Waals surface area contributed by atoms with E-state index >= 15 is 0 Å². The average molecular weight is 495 g/mol. The third kappa shape index (κ3) is 5.58. The van der Waals surface area contributed by atoms with Crippen LogP contribution in [0.3, 0.4) is 0 Å². The van der Waals surface area contributed by atoms with Gasteiger partial charge in [-0.1, -0.05) is 50.2 Å². The molecule has 0 aliphatic heterocycles. The lowest BCUT2D eigenvalue weighted by atomic mass is 10.0. The molecular formula is C29H26N4O2S. The van der Waals surface area contributed by atoms with Gasteiger partial charge in [0.25, 0.3) is 0 Å². The van der Waals surface area contributed by atoms with Crippen LogP contribution in [0, 0.1) is 0 Å². The minimum atomic E-state index is -0.0936. The van der Waals surface area contributed by atoms with Crippen molar-refractivity contribution in [2.45, 2.75) is 32.6 Å². The second-order valence-electron chi connectivity index (χ2n) is 8.80. The molecule has 0 aliphatic rings. The maximum atomic E-state index is 12.6. The summed E-state index contributed by atoms with van der Waals surface area (Å²) < 4.78 is 5.88. The highest BCUT2D eigenvalue weighted by Crippen LogP contribution is 2.30. The lowest BCUT2D eigenvalue weighted by Gasteiger charge is -2.06. The molecular weight excluding hydrogens is 468 g/mol. The van der Waals surface area contributed by atoms with Crippen LogP contribution in [0.4, 0.5) is 5.69 Å². The van der Waals surface area contributed by atoms with Gasteiger partial charge in [0.1, 0.15) is 5.01 Å². The van der Waals surface area contributed by atoms with Gasteiger partial charge in [0.2, 0.25) is 5.91 Å². The highest BCUT2D eigenvalue weighted by Gasteiger charge is 2.11. The highest BCUT2D eigenvalue weighted by molar-refractivity contribution is 7.13. The molecule has 1 N–H and O–H groups in total. The summed E-state index contributed by atoms with van der Waals surface area (Å²) >= 11 is 1.58. The van der Waals surface area contributed by atoms with E-state index in [0.717, 1.165) is 33.1 Å². The molecule has 2 aromatic carbocycles. The second-order valence-corrected chi connectivity index (χ2v) is 9.66. The van der Waals surface area contributed by atoms with E-state index < -0.39 is 0 Å². The van der Waals surface area contributed by atoms with Crippen LogP contribution in [0.15, 0.2) is 89.1 Å². The Hall–Kier alpha value is -4.10. The SMILES string of the molecule is CC(C)c1ccc(-c2cnc(CCC(=O)Nc3cccc(-c4csc(-c5ccncc5)n4)c3)o2)cc1. The first-order chi connectivity index (χ1) is 17.5. The van der Waals surface area contributed by atoms with Crippen LogP contribution in [-0.4, -0.2) is 20.9 Å². The van der Waals surface area contributed by atoms with Crippen molar-refractivity contribution >= 4 is 22.9 Å². The van der Waals surface area contributed by atoms with E-state index in [1.54, 1.807) is 29.9 Å². The number of benzene rings is 2. The monoisotopic (exact) mass is 494 g/mol. The average Bonchev–Trinajstić information content (AvgIpc) is 3.59. The summed E-state index contributed by atoms with van der Waals surface area (Å²) in [5, 5.41) is 5.93. The Balaban J connectivity index is 1.19. The van der Waals surface area contributed by atoms with Crippen molar-refractivity contribution < 1.29 is 9.21 Å². The van der Waals surface area contributed by atoms with Gasteiger partial charge in [-0.3, -0.25) is 9.78 Å². The second kappa shape index (κ2) is 10.7. The van der Waals surface area contributed by atoms with Crippen LogP contribution in [0.25, 0.3) is 33.2 Å². The van der Waals surface area contributed by atoms with Crippen LogP contribution in [0.2, 0.25) is 0 Å². The molecule has 0 aliphatic carbocycles. The van der Waals surface area contributed by atoms with E-state index in [1.807, 2.05) is 53.9 Å². The van der Waals surface area contributed by atoms with Crippen molar-refractivity contribution in [3.05, 3.63) is 96.1 Å². The third-order valence-electron chi connectivity index (χ3n) is 5.85. The van der Waals surface area contributed by atoms with Crippen molar-refractivity contribution in [3.8, 4) is 33.2 Å². The number of pyridine rings is 1. The smallest absolute Gasteiger partial charge is 0.224 e. The standard InChI is InChI=1S/C29H26N4O2S/c1-19(2)20-6-8-21(9-7-20)26-17-31-28(35-26)11-10-27(34)32-24-5-3-4-23(16-24)25-18-36-29(33-25)22-12-14-30-15-13-22/h3-9,12-19H,10-11H2,1-2H3,(H,32,34). The van der Waals surface area contributed by atoms with E-state index in [9.17, 15) is 4.79 Å². The fourth-order valence-corrected chi connectivity index (χ4v) is 4.66. The number of carbonyl (C=O) groups is 1. The first kappa shape index (κ1) is 23.6. The molecule has 0 bridgehead atoms. The molecule has 0 spiro atoms. The summed E-state index contributed by atoms with van der Waals surface area (Å²) in [6.45, 7) is 4.34. The fourth-order valence-electron chi connectivity index (χ4n) is 3.83. The Kier molecular flexibility index (Phi) is 7.00. The zero-order chi connectivity index (χ0) is 24.9. The molecule has 3 aromatic heterocycles. The normalized spacial score (nSPS) is 11.1. The number of aromatic nitrogens is 3. The minimum absolute atomic E-state index is 0.0936. The van der Waals surface area contributed by atoms with Crippen LogP contribution in [0.1, 0.15) is 37.6 Å². The number of anilines is 1. The molecule has 0 unspecified atom stereocenters. The van der Waals surface area contributed by atoms with Gasteiger partial charge in [-0.25, -0.2) is 9.97 Å².